The van der Waals surface area contributed by atoms with E-state index in [-0.39, 0.29) is 19.4 Å². The average molecular weight is 595 g/mol. The van der Waals surface area contributed by atoms with Crippen molar-refractivity contribution in [1.82, 2.24) is 0 Å². The summed E-state index contributed by atoms with van der Waals surface area (Å²) in [6.45, 7) is 2.93. The number of hydrogen-bond donors (Lipinski definition) is 1. The third-order valence-electron chi connectivity index (χ3n) is 6.73. The summed E-state index contributed by atoms with van der Waals surface area (Å²) >= 11 is 1.59. The lowest BCUT2D eigenvalue weighted by Crippen LogP contribution is -2.60. The summed E-state index contributed by atoms with van der Waals surface area (Å²) in [6, 6.07) is 29.6. The van der Waals surface area contributed by atoms with Crippen LogP contribution in [-0.4, -0.2) is 59.3 Å². The number of esters is 1. The Morgan fingerprint density at radius 2 is 1.19 bits per heavy atom. The fourth-order valence-corrected chi connectivity index (χ4v) is 5.61. The van der Waals surface area contributed by atoms with Crippen molar-refractivity contribution in [2.24, 2.45) is 0 Å². The van der Waals surface area contributed by atoms with Gasteiger partial charge in [0.15, 0.2) is 0 Å². The Kier molecular flexibility index (Phi) is 12.9. The largest absolute Gasteiger partial charge is 0.481 e. The number of aliphatic carboxylic acids is 1. The number of benzene rings is 3. The highest BCUT2D eigenvalue weighted by Crippen LogP contribution is 2.35. The van der Waals surface area contributed by atoms with Crippen LogP contribution in [0.4, 0.5) is 0 Å². The van der Waals surface area contributed by atoms with E-state index in [9.17, 15) is 9.59 Å². The molecule has 1 heterocycles. The van der Waals surface area contributed by atoms with E-state index in [0.29, 0.717) is 19.8 Å². The van der Waals surface area contributed by atoms with Crippen molar-refractivity contribution in [2.45, 2.75) is 69.4 Å². The molecule has 8 nitrogen and oxygen atoms in total. The molecule has 4 rings (SSSR count). The van der Waals surface area contributed by atoms with Crippen molar-refractivity contribution in [3.63, 3.8) is 0 Å². The molecule has 0 radical (unpaired) electrons. The van der Waals surface area contributed by atoms with Gasteiger partial charge in [-0.25, -0.2) is 0 Å². The predicted octanol–water partition coefficient (Wildman–Crippen LogP) is 5.63. The van der Waals surface area contributed by atoms with E-state index in [1.807, 2.05) is 97.9 Å². The van der Waals surface area contributed by atoms with Crippen LogP contribution < -0.4 is 0 Å². The van der Waals surface area contributed by atoms with Crippen molar-refractivity contribution in [3.05, 3.63) is 108 Å². The Morgan fingerprint density at radius 1 is 0.714 bits per heavy atom. The third kappa shape index (κ3) is 9.96. The second-order valence-electron chi connectivity index (χ2n) is 9.86. The second-order valence-corrected chi connectivity index (χ2v) is 11.2. The summed E-state index contributed by atoms with van der Waals surface area (Å²) in [6.07, 6.45) is -2.87. The molecule has 0 unspecified atom stereocenters. The third-order valence-corrected chi connectivity index (χ3v) is 7.77. The van der Waals surface area contributed by atoms with Gasteiger partial charge in [0, 0.05) is 0 Å². The molecule has 9 heteroatoms. The quantitative estimate of drug-likeness (QED) is 0.212. The van der Waals surface area contributed by atoms with Gasteiger partial charge in [0.2, 0.25) is 0 Å². The minimum atomic E-state index is -1.06. The standard InChI is InChI=1S/C33H38O8S/c1-2-42-33-32(40-22-26-16-10-5-11-17-26)31(39-21-25-14-8-4-9-15-25)30(38-20-24-12-6-3-7-13-24)27(41-33)23-37-29(36)19-18-28(34)35/h3-17,27,30-33H,2,18-23H2,1H3,(H,34,35)/t27-,30-,31+,32+,33-/m1/s1. The van der Waals surface area contributed by atoms with Crippen molar-refractivity contribution in [2.75, 3.05) is 12.4 Å². The molecule has 0 spiro atoms. The number of carboxylic acids is 1. The van der Waals surface area contributed by atoms with Gasteiger partial charge in [0.25, 0.3) is 0 Å². The molecule has 0 bridgehead atoms. The predicted molar refractivity (Wildman–Crippen MR) is 160 cm³/mol. The Labute approximate surface area is 251 Å². The minimum absolute atomic E-state index is 0.102. The van der Waals surface area contributed by atoms with Crippen LogP contribution >= 0.6 is 11.8 Å². The van der Waals surface area contributed by atoms with Gasteiger partial charge in [-0.1, -0.05) is 97.9 Å². The Balaban J connectivity index is 1.60. The first-order valence-electron chi connectivity index (χ1n) is 14.1. The highest BCUT2D eigenvalue weighted by atomic mass is 32.2. The van der Waals surface area contributed by atoms with Crippen molar-refractivity contribution in [1.29, 1.82) is 0 Å². The van der Waals surface area contributed by atoms with Gasteiger partial charge >= 0.3 is 11.9 Å². The van der Waals surface area contributed by atoms with E-state index in [1.54, 1.807) is 11.8 Å². The Hall–Kier alpha value is -3.21. The second kappa shape index (κ2) is 17.0. The summed E-state index contributed by atoms with van der Waals surface area (Å²) in [5, 5.41) is 8.96. The summed E-state index contributed by atoms with van der Waals surface area (Å²) in [7, 11) is 0. The first kappa shape index (κ1) is 31.7. The molecular formula is C33H38O8S. The maximum Gasteiger partial charge on any atom is 0.306 e. The molecule has 0 aromatic heterocycles. The van der Waals surface area contributed by atoms with Gasteiger partial charge in [-0.15, -0.1) is 11.8 Å². The topological polar surface area (TPSA) is 101 Å². The van der Waals surface area contributed by atoms with Crippen LogP contribution in [0, 0.1) is 0 Å². The van der Waals surface area contributed by atoms with Crippen molar-refractivity contribution < 1.29 is 38.4 Å². The lowest BCUT2D eigenvalue weighted by atomic mass is 9.98. The van der Waals surface area contributed by atoms with Crippen LogP contribution in [0.5, 0.6) is 0 Å². The minimum Gasteiger partial charge on any atom is -0.481 e. The normalized spacial score (nSPS) is 22.0. The molecular weight excluding hydrogens is 556 g/mol. The fraction of sp³-hybridized carbons (Fsp3) is 0.394. The van der Waals surface area contributed by atoms with Gasteiger partial charge < -0.3 is 28.8 Å². The molecule has 0 amide bonds. The first-order chi connectivity index (χ1) is 20.5. The van der Waals surface area contributed by atoms with E-state index < -0.39 is 41.8 Å². The van der Waals surface area contributed by atoms with Crippen LogP contribution in [0.25, 0.3) is 0 Å². The number of thioether (sulfide) groups is 1. The van der Waals surface area contributed by atoms with E-state index in [0.717, 1.165) is 22.4 Å². The SMILES string of the molecule is CCS[C@H]1O[C@H](COC(=O)CCC(=O)O)[C@@H](OCc2ccccc2)[C@H](OCc2ccccc2)[C@@H]1OCc1ccccc1. The zero-order valence-corrected chi connectivity index (χ0v) is 24.5. The van der Waals surface area contributed by atoms with Gasteiger partial charge in [0.05, 0.1) is 32.7 Å². The number of rotatable bonds is 16. The fourth-order valence-electron chi connectivity index (χ4n) is 4.63. The van der Waals surface area contributed by atoms with E-state index >= 15 is 0 Å². The molecule has 1 aliphatic heterocycles. The van der Waals surface area contributed by atoms with Gasteiger partial charge in [-0.2, -0.15) is 0 Å². The molecule has 3 aromatic rings. The monoisotopic (exact) mass is 594 g/mol. The van der Waals surface area contributed by atoms with E-state index in [4.69, 9.17) is 28.8 Å². The lowest BCUT2D eigenvalue weighted by molar-refractivity contribution is -0.253. The lowest BCUT2D eigenvalue weighted by Gasteiger charge is -2.45. The zero-order chi connectivity index (χ0) is 29.6. The Bertz CT molecular complexity index is 1210. The zero-order valence-electron chi connectivity index (χ0n) is 23.7. The number of ether oxygens (including phenoxy) is 5. The van der Waals surface area contributed by atoms with Crippen molar-refractivity contribution in [3.8, 4) is 0 Å². The van der Waals surface area contributed by atoms with E-state index in [2.05, 4.69) is 0 Å². The molecule has 1 N–H and O–H groups in total. The number of carbonyl (C=O) groups excluding carboxylic acids is 1. The van der Waals surface area contributed by atoms with Crippen LogP contribution in [0.3, 0.4) is 0 Å². The van der Waals surface area contributed by atoms with Crippen LogP contribution in [-0.2, 0) is 53.1 Å². The highest BCUT2D eigenvalue weighted by Gasteiger charge is 2.48. The maximum atomic E-state index is 12.4. The number of hydrogen-bond acceptors (Lipinski definition) is 8. The Morgan fingerprint density at radius 3 is 1.67 bits per heavy atom. The molecule has 1 fully saturated rings. The summed E-state index contributed by atoms with van der Waals surface area (Å²) in [5.41, 5.74) is 2.59. The molecule has 3 aromatic carbocycles. The summed E-state index contributed by atoms with van der Waals surface area (Å²) < 4.78 is 31.7. The van der Waals surface area contributed by atoms with Crippen LogP contribution in [0.1, 0.15) is 36.5 Å². The first-order valence-corrected chi connectivity index (χ1v) is 15.2. The molecule has 5 atom stereocenters. The number of carboxylic acid groups (broad SMARTS) is 1. The number of carbonyl (C=O) groups is 2. The molecule has 0 saturated carbocycles. The van der Waals surface area contributed by atoms with Crippen LogP contribution in [0.15, 0.2) is 91.0 Å². The molecule has 0 aliphatic carbocycles. The average Bonchev–Trinajstić information content (AvgIpc) is 3.02. The summed E-state index contributed by atoms with van der Waals surface area (Å²) in [5.74, 6) is -0.897. The van der Waals surface area contributed by atoms with E-state index in [1.165, 1.54) is 0 Å². The van der Waals surface area contributed by atoms with Gasteiger partial charge in [-0.3, -0.25) is 9.59 Å². The molecule has 1 aliphatic rings. The summed E-state index contributed by atoms with van der Waals surface area (Å²) in [4.78, 5) is 23.3. The van der Waals surface area contributed by atoms with Gasteiger partial charge in [0.1, 0.15) is 36.5 Å². The molecule has 42 heavy (non-hydrogen) atoms. The van der Waals surface area contributed by atoms with Gasteiger partial charge in [-0.05, 0) is 22.4 Å². The van der Waals surface area contributed by atoms with Crippen molar-refractivity contribution >= 4 is 23.7 Å². The smallest absolute Gasteiger partial charge is 0.306 e. The molecule has 1 saturated heterocycles. The maximum absolute atomic E-state index is 12.4. The highest BCUT2D eigenvalue weighted by molar-refractivity contribution is 7.99. The molecule has 224 valence electrons. The van der Waals surface area contributed by atoms with Crippen LogP contribution in [0.2, 0.25) is 0 Å².